The molecule has 1 saturated carbocycles. The van der Waals surface area contributed by atoms with Gasteiger partial charge >= 0.3 is 0 Å². The highest BCUT2D eigenvalue weighted by atomic mass is 16.3. The molecule has 0 saturated heterocycles. The third kappa shape index (κ3) is 7.34. The Labute approximate surface area is 121 Å². The van der Waals surface area contributed by atoms with E-state index in [1.54, 1.807) is 0 Å². The first-order valence-electron chi connectivity index (χ1n) is 8.96. The lowest BCUT2D eigenvalue weighted by Gasteiger charge is -2.31. The molecule has 1 aliphatic carbocycles. The second kappa shape index (κ2) is 10.7. The van der Waals surface area contributed by atoms with Crippen molar-refractivity contribution in [3.8, 4) is 0 Å². The molecule has 3 unspecified atom stereocenters. The van der Waals surface area contributed by atoms with Crippen LogP contribution in [0.15, 0.2) is 0 Å². The molecule has 0 spiro atoms. The molecule has 0 aromatic heterocycles. The van der Waals surface area contributed by atoms with E-state index in [2.05, 4.69) is 13.8 Å². The van der Waals surface area contributed by atoms with Crippen LogP contribution in [0.4, 0.5) is 0 Å². The van der Waals surface area contributed by atoms with E-state index in [0.29, 0.717) is 5.92 Å². The molecule has 114 valence electrons. The molecule has 1 aliphatic rings. The van der Waals surface area contributed by atoms with Crippen molar-refractivity contribution in [2.24, 2.45) is 11.8 Å². The topological polar surface area (TPSA) is 20.2 Å². The summed E-state index contributed by atoms with van der Waals surface area (Å²) in [5.74, 6) is 1.50. The van der Waals surface area contributed by atoms with Crippen molar-refractivity contribution in [3.05, 3.63) is 0 Å². The number of hydrogen-bond acceptors (Lipinski definition) is 1. The van der Waals surface area contributed by atoms with Gasteiger partial charge in [-0.05, 0) is 31.1 Å². The van der Waals surface area contributed by atoms with Crippen molar-refractivity contribution < 1.29 is 5.11 Å². The Balaban J connectivity index is 2.02. The van der Waals surface area contributed by atoms with Crippen LogP contribution >= 0.6 is 0 Å². The predicted molar refractivity (Wildman–Crippen MR) is 84.4 cm³/mol. The molecule has 1 heteroatoms. The molecule has 0 aliphatic heterocycles. The fourth-order valence-corrected chi connectivity index (χ4v) is 3.60. The van der Waals surface area contributed by atoms with Gasteiger partial charge in [0.2, 0.25) is 0 Å². The SMILES string of the molecule is CCCCCCCCCC(O)C1CCCC(CC)C1. The van der Waals surface area contributed by atoms with Crippen LogP contribution in [0, 0.1) is 11.8 Å². The molecule has 0 bridgehead atoms. The lowest BCUT2D eigenvalue weighted by Crippen LogP contribution is -2.26. The van der Waals surface area contributed by atoms with E-state index in [0.717, 1.165) is 12.3 Å². The average Bonchev–Trinajstić information content (AvgIpc) is 2.46. The molecule has 1 fully saturated rings. The van der Waals surface area contributed by atoms with Crippen LogP contribution in [-0.4, -0.2) is 11.2 Å². The summed E-state index contributed by atoms with van der Waals surface area (Å²) in [5, 5.41) is 10.3. The van der Waals surface area contributed by atoms with Crippen LogP contribution in [0.3, 0.4) is 0 Å². The van der Waals surface area contributed by atoms with Gasteiger partial charge in [0, 0.05) is 0 Å². The van der Waals surface area contributed by atoms with Crippen LogP contribution in [0.2, 0.25) is 0 Å². The number of aliphatic hydroxyl groups is 1. The molecular weight excluding hydrogens is 232 g/mol. The zero-order valence-corrected chi connectivity index (χ0v) is 13.4. The molecule has 0 amide bonds. The van der Waals surface area contributed by atoms with E-state index >= 15 is 0 Å². The predicted octanol–water partition coefficient (Wildman–Crippen LogP) is 5.70. The molecular formula is C18H36O. The molecule has 1 N–H and O–H groups in total. The zero-order valence-electron chi connectivity index (χ0n) is 13.4. The van der Waals surface area contributed by atoms with Gasteiger partial charge in [-0.1, -0.05) is 78.1 Å². The zero-order chi connectivity index (χ0) is 13.9. The van der Waals surface area contributed by atoms with Gasteiger partial charge in [0.25, 0.3) is 0 Å². The van der Waals surface area contributed by atoms with Crippen molar-refractivity contribution in [2.75, 3.05) is 0 Å². The molecule has 19 heavy (non-hydrogen) atoms. The van der Waals surface area contributed by atoms with Crippen LogP contribution in [0.1, 0.15) is 97.3 Å². The second-order valence-electron chi connectivity index (χ2n) is 6.68. The third-order valence-electron chi connectivity index (χ3n) is 5.05. The van der Waals surface area contributed by atoms with Gasteiger partial charge in [-0.15, -0.1) is 0 Å². The molecule has 1 rings (SSSR count). The number of unbranched alkanes of at least 4 members (excludes halogenated alkanes) is 6. The summed E-state index contributed by atoms with van der Waals surface area (Å²) in [7, 11) is 0. The molecule has 0 heterocycles. The molecule has 0 aromatic rings. The van der Waals surface area contributed by atoms with Crippen molar-refractivity contribution in [1.29, 1.82) is 0 Å². The minimum Gasteiger partial charge on any atom is -0.393 e. The Kier molecular flexibility index (Phi) is 9.59. The number of rotatable bonds is 10. The fourth-order valence-electron chi connectivity index (χ4n) is 3.60. The fraction of sp³-hybridized carbons (Fsp3) is 1.00. The molecule has 1 nitrogen and oxygen atoms in total. The van der Waals surface area contributed by atoms with E-state index < -0.39 is 0 Å². The number of hydrogen-bond donors (Lipinski definition) is 1. The smallest absolute Gasteiger partial charge is 0.0568 e. The van der Waals surface area contributed by atoms with Crippen molar-refractivity contribution in [3.63, 3.8) is 0 Å². The summed E-state index contributed by atoms with van der Waals surface area (Å²) < 4.78 is 0. The van der Waals surface area contributed by atoms with Gasteiger partial charge < -0.3 is 5.11 Å². The Bertz CT molecular complexity index is 202. The summed E-state index contributed by atoms with van der Waals surface area (Å²) in [6.07, 6.45) is 17.1. The summed E-state index contributed by atoms with van der Waals surface area (Å²) in [4.78, 5) is 0. The minimum atomic E-state index is -0.00927. The second-order valence-corrected chi connectivity index (χ2v) is 6.68. The maximum atomic E-state index is 10.3. The molecule has 0 radical (unpaired) electrons. The lowest BCUT2D eigenvalue weighted by atomic mass is 9.77. The maximum absolute atomic E-state index is 10.3. The summed E-state index contributed by atoms with van der Waals surface area (Å²) in [6, 6.07) is 0. The van der Waals surface area contributed by atoms with E-state index in [9.17, 15) is 5.11 Å². The van der Waals surface area contributed by atoms with Crippen LogP contribution in [-0.2, 0) is 0 Å². The average molecular weight is 268 g/mol. The van der Waals surface area contributed by atoms with Crippen molar-refractivity contribution >= 4 is 0 Å². The summed E-state index contributed by atoms with van der Waals surface area (Å²) in [5.41, 5.74) is 0. The Morgan fingerprint density at radius 3 is 2.32 bits per heavy atom. The Morgan fingerprint density at radius 2 is 1.63 bits per heavy atom. The maximum Gasteiger partial charge on any atom is 0.0568 e. The van der Waals surface area contributed by atoms with Crippen molar-refractivity contribution in [2.45, 2.75) is 103 Å². The highest BCUT2D eigenvalue weighted by Gasteiger charge is 2.25. The molecule has 0 aromatic carbocycles. The number of aliphatic hydroxyl groups excluding tert-OH is 1. The third-order valence-corrected chi connectivity index (χ3v) is 5.05. The van der Waals surface area contributed by atoms with Crippen LogP contribution in [0.25, 0.3) is 0 Å². The normalized spacial score (nSPS) is 25.4. The van der Waals surface area contributed by atoms with E-state index in [4.69, 9.17) is 0 Å². The minimum absolute atomic E-state index is 0.00927. The van der Waals surface area contributed by atoms with Crippen LogP contribution in [0.5, 0.6) is 0 Å². The first kappa shape index (κ1) is 17.0. The van der Waals surface area contributed by atoms with Gasteiger partial charge in [-0.25, -0.2) is 0 Å². The monoisotopic (exact) mass is 268 g/mol. The summed E-state index contributed by atoms with van der Waals surface area (Å²) >= 11 is 0. The first-order chi connectivity index (χ1) is 9.27. The van der Waals surface area contributed by atoms with E-state index in [1.165, 1.54) is 77.0 Å². The Morgan fingerprint density at radius 1 is 0.947 bits per heavy atom. The lowest BCUT2D eigenvalue weighted by molar-refractivity contribution is 0.0594. The quantitative estimate of drug-likeness (QED) is 0.503. The largest absolute Gasteiger partial charge is 0.393 e. The van der Waals surface area contributed by atoms with Gasteiger partial charge in [-0.2, -0.15) is 0 Å². The van der Waals surface area contributed by atoms with Crippen LogP contribution < -0.4 is 0 Å². The highest BCUT2D eigenvalue weighted by Crippen LogP contribution is 2.34. The highest BCUT2D eigenvalue weighted by molar-refractivity contribution is 4.77. The van der Waals surface area contributed by atoms with Gasteiger partial charge in [0.15, 0.2) is 0 Å². The van der Waals surface area contributed by atoms with E-state index in [-0.39, 0.29) is 6.10 Å². The standard InChI is InChI=1S/C18H36O/c1-3-5-6-7-8-9-10-14-18(19)17-13-11-12-16(4-2)15-17/h16-19H,3-15H2,1-2H3. The van der Waals surface area contributed by atoms with Gasteiger partial charge in [0.05, 0.1) is 6.10 Å². The first-order valence-corrected chi connectivity index (χ1v) is 8.96. The van der Waals surface area contributed by atoms with Gasteiger partial charge in [-0.3, -0.25) is 0 Å². The molecule has 3 atom stereocenters. The summed E-state index contributed by atoms with van der Waals surface area (Å²) in [6.45, 7) is 4.57. The van der Waals surface area contributed by atoms with Gasteiger partial charge in [0.1, 0.15) is 0 Å². The van der Waals surface area contributed by atoms with Crippen molar-refractivity contribution in [1.82, 2.24) is 0 Å². The van der Waals surface area contributed by atoms with E-state index in [1.807, 2.05) is 0 Å². The Hall–Kier alpha value is -0.0400.